The molecule has 0 radical (unpaired) electrons. The predicted octanol–water partition coefficient (Wildman–Crippen LogP) is 2.32. The summed E-state index contributed by atoms with van der Waals surface area (Å²) in [6.07, 6.45) is 7.00. The van der Waals surface area contributed by atoms with Crippen molar-refractivity contribution in [1.29, 1.82) is 0 Å². The van der Waals surface area contributed by atoms with Crippen molar-refractivity contribution >= 4 is 5.88 Å². The quantitative estimate of drug-likeness (QED) is 0.875. The van der Waals surface area contributed by atoms with Gasteiger partial charge in [0, 0.05) is 47.8 Å². The van der Waals surface area contributed by atoms with Crippen molar-refractivity contribution in [2.45, 2.75) is 24.9 Å². The molecule has 6 heterocycles. The molecule has 2 bridgehead atoms. The third-order valence-corrected chi connectivity index (χ3v) is 5.49. The Kier molecular flexibility index (Phi) is 2.42. The zero-order valence-electron chi connectivity index (χ0n) is 12.4. The summed E-state index contributed by atoms with van der Waals surface area (Å²) in [7, 11) is 0. The van der Waals surface area contributed by atoms with Crippen LogP contribution in [0, 0.1) is 5.92 Å². The maximum absolute atomic E-state index is 6.36. The van der Waals surface area contributed by atoms with Crippen LogP contribution >= 0.6 is 0 Å². The van der Waals surface area contributed by atoms with E-state index >= 15 is 0 Å². The Morgan fingerprint density at radius 3 is 2.77 bits per heavy atom. The van der Waals surface area contributed by atoms with E-state index in [2.05, 4.69) is 16.0 Å². The number of hydrogen-bond acceptors (Lipinski definition) is 5. The first-order valence-corrected chi connectivity index (χ1v) is 7.97. The molecule has 4 aliphatic rings. The minimum Gasteiger partial charge on any atom is -0.469 e. The van der Waals surface area contributed by atoms with Crippen molar-refractivity contribution in [1.82, 2.24) is 9.88 Å². The summed E-state index contributed by atoms with van der Waals surface area (Å²) in [4.78, 5) is 7.09. The van der Waals surface area contributed by atoms with Crippen LogP contribution in [0.2, 0.25) is 0 Å². The minimum absolute atomic E-state index is 0.0418. The zero-order chi connectivity index (χ0) is 14.7. The second kappa shape index (κ2) is 4.26. The number of fused-ring (bicyclic) bond motifs is 3. The molecule has 2 N–H and O–H groups in total. The Labute approximate surface area is 129 Å². The highest BCUT2D eigenvalue weighted by Gasteiger charge is 2.52. The third kappa shape index (κ3) is 1.72. The van der Waals surface area contributed by atoms with Crippen LogP contribution in [0.5, 0.6) is 5.88 Å². The fourth-order valence-electron chi connectivity index (χ4n) is 4.37. The summed E-state index contributed by atoms with van der Waals surface area (Å²) in [6.45, 7) is 3.49. The van der Waals surface area contributed by atoms with Gasteiger partial charge in [0.2, 0.25) is 5.88 Å². The van der Waals surface area contributed by atoms with Crippen LogP contribution in [0.1, 0.15) is 18.4 Å². The van der Waals surface area contributed by atoms with Gasteiger partial charge in [-0.25, -0.2) is 4.98 Å². The van der Waals surface area contributed by atoms with E-state index in [1.54, 1.807) is 6.26 Å². The van der Waals surface area contributed by atoms with Gasteiger partial charge in [0.15, 0.2) is 5.88 Å². The van der Waals surface area contributed by atoms with Crippen molar-refractivity contribution in [2.75, 3.05) is 25.4 Å². The second-order valence-electron chi connectivity index (χ2n) is 6.82. The van der Waals surface area contributed by atoms with E-state index in [0.717, 1.165) is 30.0 Å². The van der Waals surface area contributed by atoms with Crippen molar-refractivity contribution < 1.29 is 9.15 Å². The molecule has 0 unspecified atom stereocenters. The van der Waals surface area contributed by atoms with Crippen LogP contribution in [0.3, 0.4) is 0 Å². The average molecular weight is 297 g/mol. The van der Waals surface area contributed by atoms with E-state index in [9.17, 15) is 0 Å². The highest BCUT2D eigenvalue weighted by atomic mass is 16.5. The van der Waals surface area contributed by atoms with Crippen LogP contribution in [-0.2, 0) is 6.42 Å². The second-order valence-corrected chi connectivity index (χ2v) is 6.82. The molecule has 1 spiro atoms. The monoisotopic (exact) mass is 297 g/mol. The van der Waals surface area contributed by atoms with Gasteiger partial charge in [0.25, 0.3) is 0 Å². The molecule has 3 fully saturated rings. The number of hydrogen-bond donors (Lipinski definition) is 1. The Balaban J connectivity index is 1.49. The lowest BCUT2D eigenvalue weighted by molar-refractivity contribution is -0.0814. The zero-order valence-corrected chi connectivity index (χ0v) is 12.4. The molecule has 0 saturated carbocycles. The normalized spacial score (nSPS) is 32.2. The summed E-state index contributed by atoms with van der Waals surface area (Å²) in [5, 5.41) is 0. The molecule has 5 nitrogen and oxygen atoms in total. The van der Waals surface area contributed by atoms with Gasteiger partial charge in [-0.1, -0.05) is 0 Å². The molecule has 1 atom stereocenters. The molecular weight excluding hydrogens is 278 g/mol. The van der Waals surface area contributed by atoms with Crippen LogP contribution in [0.15, 0.2) is 29.0 Å². The average Bonchev–Trinajstić information content (AvgIpc) is 3.11. The molecule has 22 heavy (non-hydrogen) atoms. The summed E-state index contributed by atoms with van der Waals surface area (Å²) in [6, 6.07) is 4.02. The number of anilines is 1. The van der Waals surface area contributed by atoms with Gasteiger partial charge in [0.05, 0.1) is 0 Å². The van der Waals surface area contributed by atoms with Gasteiger partial charge in [-0.2, -0.15) is 0 Å². The number of aromatic nitrogens is 1. The lowest BCUT2D eigenvalue weighted by Crippen LogP contribution is -2.61. The number of ether oxygens (including phenoxy) is 1. The van der Waals surface area contributed by atoms with Crippen LogP contribution in [-0.4, -0.2) is 35.1 Å². The van der Waals surface area contributed by atoms with E-state index in [1.807, 2.05) is 12.3 Å². The number of piperidine rings is 3. The maximum atomic E-state index is 6.36. The van der Waals surface area contributed by atoms with E-state index in [4.69, 9.17) is 14.9 Å². The van der Waals surface area contributed by atoms with E-state index in [-0.39, 0.29) is 5.60 Å². The van der Waals surface area contributed by atoms with Gasteiger partial charge in [0.1, 0.15) is 11.9 Å². The summed E-state index contributed by atoms with van der Waals surface area (Å²) in [5.74, 6) is 1.91. The summed E-state index contributed by atoms with van der Waals surface area (Å²) < 4.78 is 11.6. The van der Waals surface area contributed by atoms with Crippen LogP contribution < -0.4 is 10.5 Å². The van der Waals surface area contributed by atoms with Crippen molar-refractivity contribution in [3.63, 3.8) is 0 Å². The predicted molar refractivity (Wildman–Crippen MR) is 82.6 cm³/mol. The fraction of sp³-hybridized carbons (Fsp3) is 0.471. The largest absolute Gasteiger partial charge is 0.469 e. The Bertz CT molecular complexity index is 733. The number of nitrogen functional groups attached to an aromatic ring is 1. The van der Waals surface area contributed by atoms with Crippen LogP contribution in [0.25, 0.3) is 11.1 Å². The molecule has 6 rings (SSSR count). The molecule has 0 aromatic carbocycles. The Hall–Kier alpha value is -2.01. The lowest BCUT2D eigenvalue weighted by Gasteiger charge is -2.50. The molecule has 4 aliphatic heterocycles. The van der Waals surface area contributed by atoms with Crippen LogP contribution in [0.4, 0.5) is 5.88 Å². The Morgan fingerprint density at radius 2 is 2.09 bits per heavy atom. The van der Waals surface area contributed by atoms with E-state index in [0.29, 0.717) is 11.8 Å². The van der Waals surface area contributed by atoms with Crippen molar-refractivity contribution in [3.05, 3.63) is 30.2 Å². The van der Waals surface area contributed by atoms with Gasteiger partial charge < -0.3 is 14.9 Å². The van der Waals surface area contributed by atoms with Crippen molar-refractivity contribution in [2.24, 2.45) is 5.92 Å². The highest BCUT2D eigenvalue weighted by molar-refractivity contribution is 5.66. The smallest absolute Gasteiger partial charge is 0.217 e. The number of furan rings is 1. The molecule has 0 amide bonds. The molecular formula is C17H19N3O2. The first-order chi connectivity index (χ1) is 10.7. The first-order valence-electron chi connectivity index (χ1n) is 7.97. The van der Waals surface area contributed by atoms with Gasteiger partial charge in [-0.15, -0.1) is 0 Å². The number of nitrogens with zero attached hydrogens (tertiary/aromatic N) is 2. The molecule has 5 heteroatoms. The number of nitrogens with two attached hydrogens (primary N) is 1. The van der Waals surface area contributed by atoms with E-state index in [1.165, 1.54) is 31.5 Å². The minimum atomic E-state index is -0.0418. The third-order valence-electron chi connectivity index (χ3n) is 5.49. The Morgan fingerprint density at radius 1 is 1.23 bits per heavy atom. The molecule has 2 aromatic heterocycles. The SMILES string of the molecule is Nc1cc(-c2cnc3c(c2)C[C@@]2(CN4CCC2CC4)O3)co1. The summed E-state index contributed by atoms with van der Waals surface area (Å²) >= 11 is 0. The molecule has 3 saturated heterocycles. The van der Waals surface area contributed by atoms with Crippen molar-refractivity contribution in [3.8, 4) is 17.0 Å². The van der Waals surface area contributed by atoms with Gasteiger partial charge >= 0.3 is 0 Å². The first kappa shape index (κ1) is 12.5. The van der Waals surface area contributed by atoms with Gasteiger partial charge in [-0.05, 0) is 32.0 Å². The number of pyridine rings is 1. The molecule has 114 valence electrons. The highest BCUT2D eigenvalue weighted by Crippen LogP contribution is 2.46. The van der Waals surface area contributed by atoms with Gasteiger partial charge in [-0.3, -0.25) is 4.90 Å². The number of rotatable bonds is 1. The standard InChI is InChI=1S/C17H19N3O2/c18-15-6-13(9-21-15)12-5-11-7-17(22-16(11)19-8-12)10-20-3-1-14(17)2-4-20/h5-6,8-9,14H,1-4,7,10,18H2/t17-/m0/s1. The fourth-order valence-corrected chi connectivity index (χ4v) is 4.37. The van der Waals surface area contributed by atoms with E-state index < -0.39 is 0 Å². The topological polar surface area (TPSA) is 64.5 Å². The lowest BCUT2D eigenvalue weighted by atomic mass is 9.73. The molecule has 2 aromatic rings. The molecule has 0 aliphatic carbocycles. The summed E-state index contributed by atoms with van der Waals surface area (Å²) in [5.41, 5.74) is 8.85. The maximum Gasteiger partial charge on any atom is 0.217 e.